The standard InChI is InChI=1S/C20H17F3N8O2/c1-30(20(32)33-2)16-17(24)28-19(29-18(16)25)15-12-4-3-7-26-31(12)13(27-15)8-9-10(21)5-6-11(22)14(9)23/h3-7H,8H2,1-2H3,(H4,24,25,28,29). The molecule has 0 spiro atoms. The minimum atomic E-state index is -1.32. The fraction of sp³-hybridized carbons (Fsp3) is 0.150. The number of anilines is 3. The predicted molar refractivity (Wildman–Crippen MR) is 113 cm³/mol. The number of halogens is 3. The number of amides is 1. The van der Waals surface area contributed by atoms with Gasteiger partial charge in [-0.1, -0.05) is 0 Å². The molecule has 0 aliphatic carbocycles. The van der Waals surface area contributed by atoms with Crippen LogP contribution in [0.15, 0.2) is 30.5 Å². The lowest BCUT2D eigenvalue weighted by Gasteiger charge is -2.18. The first-order chi connectivity index (χ1) is 15.7. The van der Waals surface area contributed by atoms with Crippen molar-refractivity contribution < 1.29 is 22.7 Å². The molecule has 0 radical (unpaired) electrons. The van der Waals surface area contributed by atoms with Gasteiger partial charge in [-0.2, -0.15) is 5.10 Å². The number of nitrogens with two attached hydrogens (primary N) is 2. The Kier molecular flexibility index (Phi) is 5.45. The summed E-state index contributed by atoms with van der Waals surface area (Å²) < 4.78 is 48.0. The van der Waals surface area contributed by atoms with Crippen LogP contribution in [0.2, 0.25) is 0 Å². The van der Waals surface area contributed by atoms with Crippen molar-refractivity contribution in [1.29, 1.82) is 0 Å². The molecule has 0 aliphatic heterocycles. The van der Waals surface area contributed by atoms with Crippen LogP contribution in [0, 0.1) is 17.5 Å². The SMILES string of the molecule is COC(=O)N(C)c1c(N)nc(-c2nc(Cc3c(F)ccc(F)c3F)n3ncccc23)nc1N. The minimum absolute atomic E-state index is 0.0102. The van der Waals surface area contributed by atoms with Gasteiger partial charge in [-0.25, -0.2) is 37.4 Å². The van der Waals surface area contributed by atoms with Crippen molar-refractivity contribution in [2.24, 2.45) is 0 Å². The van der Waals surface area contributed by atoms with Crippen LogP contribution < -0.4 is 16.4 Å². The average molecular weight is 458 g/mol. The van der Waals surface area contributed by atoms with E-state index in [1.54, 1.807) is 12.1 Å². The molecule has 0 saturated heterocycles. The summed E-state index contributed by atoms with van der Waals surface area (Å²) in [6.07, 6.45) is 0.308. The Bertz CT molecular complexity index is 1370. The summed E-state index contributed by atoms with van der Waals surface area (Å²) in [5.74, 6) is -3.59. The van der Waals surface area contributed by atoms with E-state index in [4.69, 9.17) is 11.5 Å². The number of ether oxygens (including phenoxy) is 1. The number of benzene rings is 1. The molecule has 0 atom stereocenters. The van der Waals surface area contributed by atoms with Gasteiger partial charge in [-0.15, -0.1) is 0 Å². The second kappa shape index (κ2) is 8.26. The van der Waals surface area contributed by atoms with E-state index in [-0.39, 0.29) is 34.7 Å². The highest BCUT2D eigenvalue weighted by atomic mass is 19.2. The predicted octanol–water partition coefficient (Wildman–Crippen LogP) is 2.56. The number of aromatic nitrogens is 5. The molecular formula is C20H17F3N8O2. The van der Waals surface area contributed by atoms with E-state index in [0.29, 0.717) is 11.6 Å². The fourth-order valence-corrected chi connectivity index (χ4v) is 3.33. The second-order valence-electron chi connectivity index (χ2n) is 6.89. The molecule has 3 heterocycles. The van der Waals surface area contributed by atoms with Crippen molar-refractivity contribution in [3.8, 4) is 11.5 Å². The summed E-state index contributed by atoms with van der Waals surface area (Å²) in [5, 5.41) is 4.16. The molecule has 0 saturated carbocycles. The third-order valence-electron chi connectivity index (χ3n) is 4.89. The summed E-state index contributed by atoms with van der Waals surface area (Å²) in [6, 6.07) is 4.77. The Labute approximate surface area is 184 Å². The minimum Gasteiger partial charge on any atom is -0.452 e. The Morgan fingerprint density at radius 2 is 1.76 bits per heavy atom. The Morgan fingerprint density at radius 1 is 1.09 bits per heavy atom. The smallest absolute Gasteiger partial charge is 0.413 e. The van der Waals surface area contributed by atoms with Gasteiger partial charge in [-0.3, -0.25) is 4.90 Å². The van der Waals surface area contributed by atoms with Crippen LogP contribution in [0.1, 0.15) is 11.4 Å². The molecule has 4 rings (SSSR count). The van der Waals surface area contributed by atoms with Gasteiger partial charge in [0, 0.05) is 25.2 Å². The highest BCUT2D eigenvalue weighted by Crippen LogP contribution is 2.31. The molecule has 3 aromatic heterocycles. The molecule has 33 heavy (non-hydrogen) atoms. The molecule has 1 aromatic carbocycles. The lowest BCUT2D eigenvalue weighted by molar-refractivity contribution is 0.180. The van der Waals surface area contributed by atoms with E-state index in [2.05, 4.69) is 24.8 Å². The fourth-order valence-electron chi connectivity index (χ4n) is 3.33. The van der Waals surface area contributed by atoms with Gasteiger partial charge in [0.05, 0.1) is 12.6 Å². The highest BCUT2D eigenvalue weighted by molar-refractivity contribution is 5.94. The van der Waals surface area contributed by atoms with Crippen molar-refractivity contribution in [1.82, 2.24) is 24.6 Å². The van der Waals surface area contributed by atoms with Crippen LogP contribution in [0.5, 0.6) is 0 Å². The molecule has 0 bridgehead atoms. The average Bonchev–Trinajstić information content (AvgIpc) is 3.16. The lowest BCUT2D eigenvalue weighted by atomic mass is 10.1. The largest absolute Gasteiger partial charge is 0.452 e. The first-order valence-electron chi connectivity index (χ1n) is 9.43. The van der Waals surface area contributed by atoms with E-state index < -0.39 is 35.5 Å². The lowest BCUT2D eigenvalue weighted by Crippen LogP contribution is -2.28. The number of hydrogen-bond acceptors (Lipinski definition) is 8. The molecular weight excluding hydrogens is 441 g/mol. The maximum Gasteiger partial charge on any atom is 0.413 e. The van der Waals surface area contributed by atoms with Crippen LogP contribution in [-0.2, 0) is 11.2 Å². The van der Waals surface area contributed by atoms with Crippen molar-refractivity contribution in [2.75, 3.05) is 30.5 Å². The summed E-state index contributed by atoms with van der Waals surface area (Å²) in [6.45, 7) is 0. The Balaban J connectivity index is 1.84. The molecule has 4 aromatic rings. The normalized spacial score (nSPS) is 11.1. The van der Waals surface area contributed by atoms with Crippen LogP contribution in [-0.4, -0.2) is 44.8 Å². The molecule has 10 nitrogen and oxygen atoms in total. The molecule has 13 heteroatoms. The number of nitrogen functional groups attached to an aromatic ring is 2. The highest BCUT2D eigenvalue weighted by Gasteiger charge is 2.24. The van der Waals surface area contributed by atoms with E-state index in [9.17, 15) is 18.0 Å². The zero-order valence-electron chi connectivity index (χ0n) is 17.4. The van der Waals surface area contributed by atoms with Crippen LogP contribution in [0.25, 0.3) is 17.0 Å². The van der Waals surface area contributed by atoms with Crippen molar-refractivity contribution in [3.63, 3.8) is 0 Å². The topological polar surface area (TPSA) is 138 Å². The molecule has 0 aliphatic rings. The Hall–Kier alpha value is -4.42. The first-order valence-corrected chi connectivity index (χ1v) is 9.43. The van der Waals surface area contributed by atoms with E-state index in [0.717, 1.165) is 11.0 Å². The summed E-state index contributed by atoms with van der Waals surface area (Å²) >= 11 is 0. The van der Waals surface area contributed by atoms with Crippen molar-refractivity contribution >= 4 is 28.9 Å². The Morgan fingerprint density at radius 3 is 2.42 bits per heavy atom. The third kappa shape index (κ3) is 3.73. The number of imidazole rings is 1. The number of carbonyl (C=O) groups is 1. The number of hydrogen-bond donors (Lipinski definition) is 2. The van der Waals surface area contributed by atoms with Gasteiger partial charge in [0.15, 0.2) is 29.1 Å². The number of carbonyl (C=O) groups excluding carboxylic acids is 1. The quantitative estimate of drug-likeness (QED) is 0.445. The summed E-state index contributed by atoms with van der Waals surface area (Å²) in [7, 11) is 2.57. The van der Waals surface area contributed by atoms with Gasteiger partial charge >= 0.3 is 6.09 Å². The van der Waals surface area contributed by atoms with E-state index >= 15 is 0 Å². The maximum atomic E-state index is 14.2. The van der Waals surface area contributed by atoms with Gasteiger partial charge in [0.1, 0.15) is 23.0 Å². The van der Waals surface area contributed by atoms with E-state index in [1.807, 2.05) is 0 Å². The summed E-state index contributed by atoms with van der Waals surface area (Å²) in [4.78, 5) is 25.6. The van der Waals surface area contributed by atoms with Crippen molar-refractivity contribution in [3.05, 3.63) is 59.3 Å². The number of methoxy groups -OCH3 is 1. The van der Waals surface area contributed by atoms with Gasteiger partial charge in [0.25, 0.3) is 0 Å². The molecule has 0 fully saturated rings. The van der Waals surface area contributed by atoms with Crippen LogP contribution in [0.3, 0.4) is 0 Å². The van der Waals surface area contributed by atoms with Gasteiger partial charge < -0.3 is 16.2 Å². The molecule has 0 unspecified atom stereocenters. The molecule has 170 valence electrons. The summed E-state index contributed by atoms with van der Waals surface area (Å²) in [5.41, 5.74) is 12.1. The first kappa shape index (κ1) is 21.8. The number of nitrogens with zero attached hydrogens (tertiary/aromatic N) is 6. The van der Waals surface area contributed by atoms with Crippen molar-refractivity contribution in [2.45, 2.75) is 6.42 Å². The number of rotatable bonds is 4. The van der Waals surface area contributed by atoms with E-state index in [1.165, 1.54) is 24.9 Å². The second-order valence-corrected chi connectivity index (χ2v) is 6.89. The monoisotopic (exact) mass is 458 g/mol. The number of fused-ring (bicyclic) bond motifs is 1. The van der Waals surface area contributed by atoms with Gasteiger partial charge in [-0.05, 0) is 24.3 Å². The van der Waals surface area contributed by atoms with Gasteiger partial charge in [0.2, 0.25) is 0 Å². The molecule has 1 amide bonds. The maximum absolute atomic E-state index is 14.2. The zero-order chi connectivity index (χ0) is 23.9. The molecule has 4 N–H and O–H groups in total. The van der Waals surface area contributed by atoms with Crippen LogP contribution >= 0.6 is 0 Å². The van der Waals surface area contributed by atoms with Crippen LogP contribution in [0.4, 0.5) is 35.3 Å². The third-order valence-corrected chi connectivity index (χ3v) is 4.89. The zero-order valence-corrected chi connectivity index (χ0v) is 17.4.